The topological polar surface area (TPSA) is 26.0 Å². The molecule has 0 rings (SSSR count). The van der Waals surface area contributed by atoms with E-state index in [0.29, 0.717) is 0 Å². The molecular formula is C22H49N2+. The van der Waals surface area contributed by atoms with Gasteiger partial charge in [-0.05, 0) is 19.4 Å². The van der Waals surface area contributed by atoms with Crippen molar-refractivity contribution >= 4 is 0 Å². The molecule has 0 radical (unpaired) electrons. The van der Waals surface area contributed by atoms with Crippen LogP contribution in [0, 0.1) is 0 Å². The molecule has 146 valence electrons. The van der Waals surface area contributed by atoms with Gasteiger partial charge in [-0.15, -0.1) is 0 Å². The largest absolute Gasteiger partial charge is 0.330 e. The normalized spacial score (nSPS) is 12.0. The van der Waals surface area contributed by atoms with Crippen molar-refractivity contribution in [2.45, 2.75) is 110 Å². The van der Waals surface area contributed by atoms with Crippen LogP contribution in [0.4, 0.5) is 0 Å². The molecule has 0 aliphatic heterocycles. The molecule has 0 aromatic rings. The van der Waals surface area contributed by atoms with Crippen LogP contribution in [-0.4, -0.2) is 38.2 Å². The Morgan fingerprint density at radius 1 is 0.500 bits per heavy atom. The Hall–Kier alpha value is -0.0800. The van der Waals surface area contributed by atoms with Gasteiger partial charge in [0.1, 0.15) is 0 Å². The van der Waals surface area contributed by atoms with Gasteiger partial charge in [0.05, 0.1) is 27.2 Å². The van der Waals surface area contributed by atoms with E-state index in [0.717, 1.165) is 17.4 Å². The molecule has 2 nitrogen and oxygen atoms in total. The number of unbranched alkanes of at least 4 members (excludes halogenated alkanes) is 14. The first kappa shape index (κ1) is 23.9. The quantitative estimate of drug-likeness (QED) is 0.217. The highest BCUT2D eigenvalue weighted by atomic mass is 15.3. The van der Waals surface area contributed by atoms with Crippen molar-refractivity contribution in [3.8, 4) is 0 Å². The van der Waals surface area contributed by atoms with E-state index in [1.807, 2.05) is 0 Å². The number of rotatable bonds is 19. The number of hydrogen-bond donors (Lipinski definition) is 1. The molecule has 2 N–H and O–H groups in total. The average Bonchev–Trinajstić information content (AvgIpc) is 2.56. The van der Waals surface area contributed by atoms with E-state index in [2.05, 4.69) is 21.0 Å². The molecule has 0 aliphatic carbocycles. The van der Waals surface area contributed by atoms with E-state index in [1.165, 1.54) is 109 Å². The van der Waals surface area contributed by atoms with E-state index in [1.54, 1.807) is 0 Å². The van der Waals surface area contributed by atoms with Crippen LogP contribution in [-0.2, 0) is 0 Å². The number of nitrogens with zero attached hydrogens (tertiary/aromatic N) is 1. The van der Waals surface area contributed by atoms with Crippen LogP contribution < -0.4 is 5.73 Å². The Bertz CT molecular complexity index is 238. The van der Waals surface area contributed by atoms with Gasteiger partial charge < -0.3 is 10.2 Å². The lowest BCUT2D eigenvalue weighted by Crippen LogP contribution is -2.41. The monoisotopic (exact) mass is 341 g/mol. The van der Waals surface area contributed by atoms with Crippen LogP contribution in [0.5, 0.6) is 0 Å². The summed E-state index contributed by atoms with van der Waals surface area (Å²) in [5.41, 5.74) is 5.61. The number of quaternary nitrogens is 1. The average molecular weight is 342 g/mol. The van der Waals surface area contributed by atoms with Crippen molar-refractivity contribution in [2.75, 3.05) is 33.7 Å². The van der Waals surface area contributed by atoms with E-state index >= 15 is 0 Å². The van der Waals surface area contributed by atoms with Crippen molar-refractivity contribution in [1.82, 2.24) is 0 Å². The van der Waals surface area contributed by atoms with Crippen molar-refractivity contribution in [3.05, 3.63) is 0 Å². The molecule has 0 aromatic carbocycles. The molecule has 0 spiro atoms. The van der Waals surface area contributed by atoms with Gasteiger partial charge in [-0.3, -0.25) is 0 Å². The van der Waals surface area contributed by atoms with E-state index < -0.39 is 0 Å². The van der Waals surface area contributed by atoms with Crippen molar-refractivity contribution in [3.63, 3.8) is 0 Å². The first-order chi connectivity index (χ1) is 11.6. The Morgan fingerprint density at radius 2 is 0.833 bits per heavy atom. The minimum absolute atomic E-state index is 0.834. The van der Waals surface area contributed by atoms with Crippen molar-refractivity contribution < 1.29 is 4.48 Å². The first-order valence-electron chi connectivity index (χ1n) is 11.1. The second-order valence-corrected chi connectivity index (χ2v) is 8.47. The van der Waals surface area contributed by atoms with Crippen LogP contribution in [0.2, 0.25) is 0 Å². The summed E-state index contributed by atoms with van der Waals surface area (Å²) in [6.45, 7) is 5.68. The first-order valence-corrected chi connectivity index (χ1v) is 11.1. The summed E-state index contributed by atoms with van der Waals surface area (Å²) in [5, 5.41) is 0. The van der Waals surface area contributed by atoms with Crippen LogP contribution >= 0.6 is 0 Å². The van der Waals surface area contributed by atoms with Crippen molar-refractivity contribution in [1.29, 1.82) is 0 Å². The maximum Gasteiger partial charge on any atom is 0.0794 e. The Labute approximate surface area is 154 Å². The van der Waals surface area contributed by atoms with Gasteiger partial charge in [0.2, 0.25) is 0 Å². The molecule has 0 saturated heterocycles. The molecule has 0 fully saturated rings. The lowest BCUT2D eigenvalue weighted by atomic mass is 10.0. The Balaban J connectivity index is 3.15. The van der Waals surface area contributed by atoms with E-state index in [4.69, 9.17) is 5.73 Å². The molecule has 0 atom stereocenters. The van der Waals surface area contributed by atoms with Gasteiger partial charge in [-0.2, -0.15) is 0 Å². The van der Waals surface area contributed by atoms with Crippen LogP contribution in [0.25, 0.3) is 0 Å². The van der Waals surface area contributed by atoms with Gasteiger partial charge in [-0.25, -0.2) is 0 Å². The standard InChI is InChI=1S/C22H49N2/c1-4-5-6-7-8-9-10-11-12-13-14-15-16-17-18-21-24(2,3)22-19-20-23/h4-23H2,1-3H3/q+1. The summed E-state index contributed by atoms with van der Waals surface area (Å²) in [7, 11) is 4.69. The molecule has 2 heteroatoms. The second kappa shape index (κ2) is 17.7. The predicted octanol–water partition coefficient (Wildman–Crippen LogP) is 6.28. The molecular weight excluding hydrogens is 292 g/mol. The van der Waals surface area contributed by atoms with Gasteiger partial charge in [0, 0.05) is 6.42 Å². The number of nitrogens with two attached hydrogens (primary N) is 1. The fourth-order valence-electron chi connectivity index (χ4n) is 3.54. The predicted molar refractivity (Wildman–Crippen MR) is 110 cm³/mol. The van der Waals surface area contributed by atoms with Crippen LogP contribution in [0.15, 0.2) is 0 Å². The zero-order chi connectivity index (χ0) is 17.9. The highest BCUT2D eigenvalue weighted by Crippen LogP contribution is 2.13. The smallest absolute Gasteiger partial charge is 0.0794 e. The lowest BCUT2D eigenvalue weighted by Gasteiger charge is -2.29. The van der Waals surface area contributed by atoms with Crippen molar-refractivity contribution in [2.24, 2.45) is 5.73 Å². The second-order valence-electron chi connectivity index (χ2n) is 8.47. The maximum atomic E-state index is 5.61. The minimum atomic E-state index is 0.834. The summed E-state index contributed by atoms with van der Waals surface area (Å²) in [4.78, 5) is 0. The maximum absolute atomic E-state index is 5.61. The minimum Gasteiger partial charge on any atom is -0.330 e. The summed E-state index contributed by atoms with van der Waals surface area (Å²) in [6.07, 6.45) is 22.9. The number of hydrogen-bond acceptors (Lipinski definition) is 1. The summed E-state index contributed by atoms with van der Waals surface area (Å²) in [5.74, 6) is 0. The molecule has 0 bridgehead atoms. The van der Waals surface area contributed by atoms with Crippen LogP contribution in [0.3, 0.4) is 0 Å². The highest BCUT2D eigenvalue weighted by molar-refractivity contribution is 4.50. The molecule has 24 heavy (non-hydrogen) atoms. The molecule has 0 heterocycles. The Morgan fingerprint density at radius 3 is 1.21 bits per heavy atom. The van der Waals surface area contributed by atoms with Gasteiger partial charge in [0.25, 0.3) is 0 Å². The zero-order valence-electron chi connectivity index (χ0n) is 17.5. The molecule has 0 aliphatic rings. The SMILES string of the molecule is CCCCCCCCCCCCCCCCC[N+](C)(C)CCCN. The van der Waals surface area contributed by atoms with Crippen LogP contribution in [0.1, 0.15) is 110 Å². The highest BCUT2D eigenvalue weighted by Gasteiger charge is 2.12. The third-order valence-electron chi connectivity index (χ3n) is 5.33. The fourth-order valence-corrected chi connectivity index (χ4v) is 3.54. The lowest BCUT2D eigenvalue weighted by molar-refractivity contribution is -0.890. The summed E-state index contributed by atoms with van der Waals surface area (Å²) in [6, 6.07) is 0. The molecule has 0 aromatic heterocycles. The van der Waals surface area contributed by atoms with E-state index in [-0.39, 0.29) is 0 Å². The zero-order valence-corrected chi connectivity index (χ0v) is 17.5. The van der Waals surface area contributed by atoms with Gasteiger partial charge >= 0.3 is 0 Å². The fraction of sp³-hybridized carbons (Fsp3) is 1.00. The molecule has 0 unspecified atom stereocenters. The van der Waals surface area contributed by atoms with E-state index in [9.17, 15) is 0 Å². The third-order valence-corrected chi connectivity index (χ3v) is 5.33. The van der Waals surface area contributed by atoms with Gasteiger partial charge in [0.15, 0.2) is 0 Å². The summed E-state index contributed by atoms with van der Waals surface area (Å²) < 4.78 is 1.15. The third kappa shape index (κ3) is 18.3. The summed E-state index contributed by atoms with van der Waals surface area (Å²) >= 11 is 0. The molecule has 0 amide bonds. The molecule has 0 saturated carbocycles. The van der Waals surface area contributed by atoms with Gasteiger partial charge in [-0.1, -0.05) is 90.4 Å². The Kier molecular flexibility index (Phi) is 17.7.